The lowest BCUT2D eigenvalue weighted by molar-refractivity contribution is -0.171. The zero-order valence-electron chi connectivity index (χ0n) is 30.1. The van der Waals surface area contributed by atoms with Crippen molar-refractivity contribution >= 4 is 35.5 Å². The van der Waals surface area contributed by atoms with E-state index in [9.17, 15) is 29.4 Å². The predicted molar refractivity (Wildman–Crippen MR) is 196 cm³/mol. The van der Waals surface area contributed by atoms with E-state index < -0.39 is 59.8 Å². The molecule has 0 radical (unpaired) electrons. The van der Waals surface area contributed by atoms with E-state index in [1.165, 1.54) is 4.90 Å². The van der Waals surface area contributed by atoms with Crippen molar-refractivity contribution in [3.05, 3.63) is 120 Å². The molecule has 0 bridgehead atoms. The maximum absolute atomic E-state index is 14.4. The number of para-hydroxylation sites is 1. The number of carbonyl (C=O) groups is 4. The van der Waals surface area contributed by atoms with Crippen LogP contribution < -0.4 is 14.8 Å². The highest BCUT2D eigenvalue weighted by Crippen LogP contribution is 2.38. The van der Waals surface area contributed by atoms with Crippen LogP contribution in [-0.4, -0.2) is 70.0 Å². The molecule has 0 saturated carbocycles. The van der Waals surface area contributed by atoms with Crippen molar-refractivity contribution in [1.82, 2.24) is 4.90 Å². The van der Waals surface area contributed by atoms with Gasteiger partial charge in [-0.3, -0.25) is 19.2 Å². The first-order valence-electron chi connectivity index (χ1n) is 17.3. The highest BCUT2D eigenvalue weighted by Gasteiger charge is 2.41. The van der Waals surface area contributed by atoms with Gasteiger partial charge in [-0.15, -0.1) is 0 Å². The number of furan rings is 1. The second-order valence-corrected chi connectivity index (χ2v) is 13.7. The molecule has 1 aliphatic rings. The fourth-order valence-electron chi connectivity index (χ4n) is 6.02. The van der Waals surface area contributed by atoms with Gasteiger partial charge in [-0.1, -0.05) is 66.7 Å². The topological polar surface area (TPSA) is 165 Å². The van der Waals surface area contributed by atoms with Crippen LogP contribution in [0.1, 0.15) is 67.5 Å². The first kappa shape index (κ1) is 38.4. The third-order valence-corrected chi connectivity index (χ3v) is 8.67. The van der Waals surface area contributed by atoms with Crippen LogP contribution in [0.3, 0.4) is 0 Å². The van der Waals surface area contributed by atoms with Crippen LogP contribution in [0.5, 0.6) is 11.5 Å². The minimum atomic E-state index is -2.04. The molecule has 0 spiro atoms. The number of carbonyl (C=O) groups excluding carboxylic acids is 3. The molecule has 1 aliphatic heterocycles. The number of hydrogen-bond donors (Lipinski definition) is 3. The van der Waals surface area contributed by atoms with Crippen molar-refractivity contribution in [2.45, 2.75) is 64.2 Å². The average molecular weight is 725 g/mol. The molecule has 12 heteroatoms. The van der Waals surface area contributed by atoms with Gasteiger partial charge in [0.15, 0.2) is 17.3 Å². The summed E-state index contributed by atoms with van der Waals surface area (Å²) in [6.07, 6.45) is 0.915. The Labute approximate surface area is 308 Å². The molecule has 2 heterocycles. The van der Waals surface area contributed by atoms with Crippen molar-refractivity contribution in [2.75, 3.05) is 18.7 Å². The van der Waals surface area contributed by atoms with Gasteiger partial charge in [0, 0.05) is 30.6 Å². The summed E-state index contributed by atoms with van der Waals surface area (Å²) >= 11 is 0. The SMILES string of the molecule is C[C@H]([C@H](Cc1ccc(C(=O)Nc2ccccc2)o1)c1ccc2c(c1)OCO2)N(CC=Cc1ccccc1)C(=O)C(O)C(CC(=O)O)C(=O)OC(C)(C)C. The van der Waals surface area contributed by atoms with Crippen molar-refractivity contribution in [2.24, 2.45) is 5.92 Å². The van der Waals surface area contributed by atoms with Crippen molar-refractivity contribution in [3.8, 4) is 11.5 Å². The summed E-state index contributed by atoms with van der Waals surface area (Å²) in [5.41, 5.74) is 1.22. The van der Waals surface area contributed by atoms with E-state index >= 15 is 0 Å². The predicted octanol–water partition coefficient (Wildman–Crippen LogP) is 6.31. The number of benzene rings is 3. The number of anilines is 1. The molecular weight excluding hydrogens is 680 g/mol. The number of carboxylic acids is 1. The second-order valence-electron chi connectivity index (χ2n) is 13.7. The smallest absolute Gasteiger partial charge is 0.313 e. The van der Waals surface area contributed by atoms with E-state index in [4.69, 9.17) is 18.6 Å². The minimum Gasteiger partial charge on any atom is -0.481 e. The molecule has 5 rings (SSSR count). The molecule has 0 aliphatic carbocycles. The van der Waals surface area contributed by atoms with Crippen LogP contribution >= 0.6 is 0 Å². The third-order valence-electron chi connectivity index (χ3n) is 8.67. The van der Waals surface area contributed by atoms with Gasteiger partial charge < -0.3 is 39.1 Å². The molecule has 3 N–H and O–H groups in total. The minimum absolute atomic E-state index is 0.00992. The highest BCUT2D eigenvalue weighted by atomic mass is 16.7. The number of fused-ring (bicyclic) bond motifs is 1. The molecule has 1 aromatic heterocycles. The van der Waals surface area contributed by atoms with Crippen molar-refractivity contribution in [1.29, 1.82) is 0 Å². The lowest BCUT2D eigenvalue weighted by Gasteiger charge is -2.37. The summed E-state index contributed by atoms with van der Waals surface area (Å²) in [5, 5.41) is 24.0. The Balaban J connectivity index is 1.50. The second kappa shape index (κ2) is 17.1. The van der Waals surface area contributed by atoms with Gasteiger partial charge in [-0.2, -0.15) is 0 Å². The third kappa shape index (κ3) is 10.4. The number of carboxylic acid groups (broad SMARTS) is 1. The van der Waals surface area contributed by atoms with Gasteiger partial charge >= 0.3 is 11.9 Å². The fourth-order valence-corrected chi connectivity index (χ4v) is 6.02. The number of ether oxygens (including phenoxy) is 3. The first-order chi connectivity index (χ1) is 25.3. The van der Waals surface area contributed by atoms with Crippen LogP contribution in [0.4, 0.5) is 5.69 Å². The summed E-state index contributed by atoms with van der Waals surface area (Å²) < 4.78 is 22.7. The number of amides is 2. The van der Waals surface area contributed by atoms with E-state index in [-0.39, 0.29) is 25.5 Å². The first-order valence-corrected chi connectivity index (χ1v) is 17.3. The Kier molecular flexibility index (Phi) is 12.4. The maximum Gasteiger partial charge on any atom is 0.313 e. The van der Waals surface area contributed by atoms with E-state index in [1.807, 2.05) is 54.6 Å². The van der Waals surface area contributed by atoms with Crippen molar-refractivity contribution in [3.63, 3.8) is 0 Å². The summed E-state index contributed by atoms with van der Waals surface area (Å²) in [4.78, 5) is 53.9. The summed E-state index contributed by atoms with van der Waals surface area (Å²) in [6, 6.07) is 26.4. The van der Waals surface area contributed by atoms with Crippen molar-refractivity contribution < 1.29 is 48.0 Å². The molecular formula is C41H44N2O10. The normalized spacial score (nSPS) is 14.6. The monoisotopic (exact) mass is 724 g/mol. The molecule has 0 saturated heterocycles. The Bertz CT molecular complexity index is 1920. The molecule has 12 nitrogen and oxygen atoms in total. The molecule has 278 valence electrons. The number of esters is 1. The van der Waals surface area contributed by atoms with Crippen LogP contribution in [0.25, 0.3) is 6.08 Å². The highest BCUT2D eigenvalue weighted by molar-refractivity contribution is 6.02. The Morgan fingerprint density at radius 2 is 1.60 bits per heavy atom. The van der Waals surface area contributed by atoms with E-state index in [0.29, 0.717) is 22.9 Å². The zero-order chi connectivity index (χ0) is 38.1. The van der Waals surface area contributed by atoms with Gasteiger partial charge in [0.25, 0.3) is 11.8 Å². The molecule has 2 unspecified atom stereocenters. The number of aliphatic hydroxyl groups excluding tert-OH is 1. The number of nitrogens with zero attached hydrogens (tertiary/aromatic N) is 1. The zero-order valence-corrected chi connectivity index (χ0v) is 30.1. The Morgan fingerprint density at radius 1 is 0.925 bits per heavy atom. The van der Waals surface area contributed by atoms with Crippen LogP contribution in [0.15, 0.2) is 101 Å². The quantitative estimate of drug-likeness (QED) is 0.118. The largest absolute Gasteiger partial charge is 0.481 e. The Hall–Kier alpha value is -5.88. The summed E-state index contributed by atoms with van der Waals surface area (Å²) in [5.74, 6) is -4.28. The van der Waals surface area contributed by atoms with E-state index in [1.54, 1.807) is 76.2 Å². The molecule has 0 fully saturated rings. The molecule has 53 heavy (non-hydrogen) atoms. The van der Waals surface area contributed by atoms with Gasteiger partial charge in [0.1, 0.15) is 23.4 Å². The van der Waals surface area contributed by atoms with Gasteiger partial charge in [0.2, 0.25) is 6.79 Å². The molecule has 3 aromatic carbocycles. The number of rotatable bonds is 15. The van der Waals surface area contributed by atoms with E-state index in [0.717, 1.165) is 11.1 Å². The summed E-state index contributed by atoms with van der Waals surface area (Å²) in [7, 11) is 0. The number of aliphatic carboxylic acids is 1. The number of nitrogens with one attached hydrogen (secondary N) is 1. The standard InChI is InChI=1S/C41H44N2O10/c1-26(43(21-11-14-27-12-7-5-8-13-27)39(48)37(46)32(24-36(44)45)40(49)53-41(2,3)4)31(28-17-19-33-35(22-28)51-25-50-33)23-30-18-20-34(52-30)38(47)42-29-15-9-6-10-16-29/h5-20,22,26,31-32,37,46H,21,23-25H2,1-4H3,(H,42,47)(H,44,45)/t26-,31+,32?,37?/m1/s1. The van der Waals surface area contributed by atoms with Crippen LogP contribution in [0.2, 0.25) is 0 Å². The molecule has 2 amide bonds. The lowest BCUT2D eigenvalue weighted by atomic mass is 9.86. The van der Waals surface area contributed by atoms with Crippen LogP contribution in [0, 0.1) is 5.92 Å². The van der Waals surface area contributed by atoms with Gasteiger partial charge in [0.05, 0.1) is 6.42 Å². The lowest BCUT2D eigenvalue weighted by Crippen LogP contribution is -2.51. The maximum atomic E-state index is 14.4. The van der Waals surface area contributed by atoms with Gasteiger partial charge in [-0.05, 0) is 75.2 Å². The molecule has 4 aromatic rings. The number of hydrogen-bond acceptors (Lipinski definition) is 9. The van der Waals surface area contributed by atoms with Gasteiger partial charge in [-0.25, -0.2) is 0 Å². The number of aliphatic hydroxyl groups is 1. The van der Waals surface area contributed by atoms with Crippen LogP contribution in [-0.2, 0) is 25.5 Å². The average Bonchev–Trinajstić information content (AvgIpc) is 3.80. The summed E-state index contributed by atoms with van der Waals surface area (Å²) in [6.45, 7) is 6.67. The van der Waals surface area contributed by atoms with E-state index in [2.05, 4.69) is 5.32 Å². The fraction of sp³-hybridized carbons (Fsp3) is 0.317. The Morgan fingerprint density at radius 3 is 2.28 bits per heavy atom. The molecule has 4 atom stereocenters.